The fourth-order valence-corrected chi connectivity index (χ4v) is 3.68. The monoisotopic (exact) mass is 307 g/mol. The molecule has 5 atom stereocenters. The minimum atomic E-state index is -0.601. The molecule has 2 aromatic heterocycles. The Hall–Kier alpha value is -1.25. The molecule has 2 aromatic rings. The second-order valence-electron chi connectivity index (χ2n) is 5.33. The van der Waals surface area contributed by atoms with Gasteiger partial charge in [0, 0.05) is 23.8 Å². The Morgan fingerprint density at radius 3 is 3.19 bits per heavy atom. The summed E-state index contributed by atoms with van der Waals surface area (Å²) in [5.41, 5.74) is 0. The normalized spacial score (nSPS) is 35.2. The number of hydrogen-bond donors (Lipinski definition) is 2. The fourth-order valence-electron chi connectivity index (χ4n) is 3.02. The molecule has 0 aliphatic carbocycles. The summed E-state index contributed by atoms with van der Waals surface area (Å²) in [4.78, 5) is 1.24. The van der Waals surface area contributed by atoms with Crippen molar-refractivity contribution in [2.45, 2.75) is 37.1 Å². The third-order valence-electron chi connectivity index (χ3n) is 4.05. The molecule has 4 rings (SSSR count). The number of aliphatic hydroxyl groups is 1. The highest BCUT2D eigenvalue weighted by Crippen LogP contribution is 2.35. The molecule has 21 heavy (non-hydrogen) atoms. The minimum absolute atomic E-state index is 0.114. The van der Waals surface area contributed by atoms with Crippen molar-refractivity contribution in [1.82, 2.24) is 15.1 Å². The molecule has 112 valence electrons. The first-order valence-electron chi connectivity index (χ1n) is 7.03. The van der Waals surface area contributed by atoms with E-state index in [2.05, 4.69) is 16.5 Å². The van der Waals surface area contributed by atoms with Gasteiger partial charge in [0.15, 0.2) is 6.29 Å². The maximum Gasteiger partial charge on any atom is 0.183 e. The standard InChI is InChI=1S/C14H17N3O3S/c18-13-11(15-7-9-3-1-6-21-9)10-8-19-14(20-10)12(13)17-5-2-4-16-17/h1-6,10-15,18H,7-8H2/t10-,11-,12-,13+,14-/m1/s1. The Balaban J connectivity index is 1.53. The third kappa shape index (κ3) is 2.41. The average Bonchev–Trinajstić information content (AvgIpc) is 3.20. The van der Waals surface area contributed by atoms with Gasteiger partial charge in [0.2, 0.25) is 0 Å². The van der Waals surface area contributed by atoms with Crippen molar-refractivity contribution in [2.75, 3.05) is 6.61 Å². The molecule has 2 bridgehead atoms. The smallest absolute Gasteiger partial charge is 0.183 e. The van der Waals surface area contributed by atoms with Gasteiger partial charge in [-0.05, 0) is 17.5 Å². The van der Waals surface area contributed by atoms with Crippen LogP contribution in [0.3, 0.4) is 0 Å². The van der Waals surface area contributed by atoms with Gasteiger partial charge in [0.05, 0.1) is 18.8 Å². The van der Waals surface area contributed by atoms with Gasteiger partial charge in [0.1, 0.15) is 12.1 Å². The predicted octanol–water partition coefficient (Wildman–Crippen LogP) is 0.760. The number of aliphatic hydroxyl groups excluding tert-OH is 1. The van der Waals surface area contributed by atoms with Crippen molar-refractivity contribution in [2.24, 2.45) is 0 Å². The molecule has 4 heterocycles. The van der Waals surface area contributed by atoms with E-state index in [4.69, 9.17) is 9.47 Å². The molecule has 2 aliphatic rings. The van der Waals surface area contributed by atoms with E-state index < -0.39 is 12.4 Å². The molecule has 6 nitrogen and oxygen atoms in total. The molecular formula is C14H17N3O3S. The number of rotatable bonds is 4. The van der Waals surface area contributed by atoms with Crippen molar-refractivity contribution in [1.29, 1.82) is 0 Å². The van der Waals surface area contributed by atoms with E-state index in [1.54, 1.807) is 22.2 Å². The van der Waals surface area contributed by atoms with Crippen LogP contribution in [0.2, 0.25) is 0 Å². The van der Waals surface area contributed by atoms with Crippen LogP contribution in [0.1, 0.15) is 10.9 Å². The Morgan fingerprint density at radius 1 is 1.48 bits per heavy atom. The van der Waals surface area contributed by atoms with Crippen molar-refractivity contribution < 1.29 is 14.6 Å². The van der Waals surface area contributed by atoms with Crippen LogP contribution in [0.4, 0.5) is 0 Å². The van der Waals surface area contributed by atoms with E-state index in [0.717, 1.165) is 6.54 Å². The number of nitrogens with one attached hydrogen (secondary N) is 1. The first-order valence-corrected chi connectivity index (χ1v) is 7.91. The predicted molar refractivity (Wildman–Crippen MR) is 76.8 cm³/mol. The first-order chi connectivity index (χ1) is 10.3. The van der Waals surface area contributed by atoms with Gasteiger partial charge in [-0.15, -0.1) is 11.3 Å². The Labute approximate surface area is 126 Å². The number of ether oxygens (including phenoxy) is 2. The number of thiophene rings is 1. The Bertz CT molecular complexity index is 574. The first kappa shape index (κ1) is 13.4. The van der Waals surface area contributed by atoms with Crippen LogP contribution in [-0.4, -0.2) is 46.0 Å². The second-order valence-corrected chi connectivity index (χ2v) is 6.36. The van der Waals surface area contributed by atoms with Gasteiger partial charge in [-0.1, -0.05) is 6.07 Å². The van der Waals surface area contributed by atoms with Gasteiger partial charge in [-0.3, -0.25) is 4.68 Å². The summed E-state index contributed by atoms with van der Waals surface area (Å²) in [6.45, 7) is 1.22. The molecule has 0 spiro atoms. The maximum absolute atomic E-state index is 10.7. The quantitative estimate of drug-likeness (QED) is 0.873. The number of nitrogens with zero attached hydrogens (tertiary/aromatic N) is 2. The van der Waals surface area contributed by atoms with Crippen LogP contribution < -0.4 is 5.32 Å². The van der Waals surface area contributed by atoms with Crippen LogP contribution in [0.25, 0.3) is 0 Å². The van der Waals surface area contributed by atoms with E-state index in [-0.39, 0.29) is 18.2 Å². The molecule has 0 amide bonds. The highest BCUT2D eigenvalue weighted by atomic mass is 32.1. The molecule has 0 saturated carbocycles. The lowest BCUT2D eigenvalue weighted by Crippen LogP contribution is -2.57. The third-order valence-corrected chi connectivity index (χ3v) is 4.93. The topological polar surface area (TPSA) is 68.5 Å². The molecule has 2 N–H and O–H groups in total. The number of fused-ring (bicyclic) bond motifs is 2. The van der Waals surface area contributed by atoms with Gasteiger partial charge in [0.25, 0.3) is 0 Å². The van der Waals surface area contributed by atoms with Gasteiger partial charge in [-0.25, -0.2) is 0 Å². The Morgan fingerprint density at radius 2 is 2.43 bits per heavy atom. The molecule has 0 aromatic carbocycles. The van der Waals surface area contributed by atoms with E-state index in [1.165, 1.54) is 4.88 Å². The highest BCUT2D eigenvalue weighted by Gasteiger charge is 2.51. The molecular weight excluding hydrogens is 290 g/mol. The zero-order valence-corrected chi connectivity index (χ0v) is 12.1. The summed E-state index contributed by atoms with van der Waals surface area (Å²) >= 11 is 1.70. The van der Waals surface area contributed by atoms with E-state index in [9.17, 15) is 5.11 Å². The van der Waals surface area contributed by atoms with Crippen molar-refractivity contribution in [3.05, 3.63) is 40.8 Å². The lowest BCUT2D eigenvalue weighted by atomic mass is 9.96. The van der Waals surface area contributed by atoms with E-state index >= 15 is 0 Å². The largest absolute Gasteiger partial charge is 0.389 e. The highest BCUT2D eigenvalue weighted by molar-refractivity contribution is 7.09. The summed E-state index contributed by atoms with van der Waals surface area (Å²) in [6, 6.07) is 5.45. The van der Waals surface area contributed by atoms with E-state index in [1.807, 2.05) is 23.7 Å². The zero-order chi connectivity index (χ0) is 14.2. The van der Waals surface area contributed by atoms with Gasteiger partial charge in [-0.2, -0.15) is 5.10 Å². The minimum Gasteiger partial charge on any atom is -0.389 e. The second kappa shape index (κ2) is 5.51. The number of hydrogen-bond acceptors (Lipinski definition) is 6. The summed E-state index contributed by atoms with van der Waals surface area (Å²) in [5, 5.41) is 20.4. The number of aromatic nitrogens is 2. The molecule has 2 aliphatic heterocycles. The van der Waals surface area contributed by atoms with E-state index in [0.29, 0.717) is 6.61 Å². The molecule has 0 radical (unpaired) electrons. The summed E-state index contributed by atoms with van der Waals surface area (Å²) < 4.78 is 13.3. The van der Waals surface area contributed by atoms with Gasteiger partial charge < -0.3 is 19.9 Å². The molecule has 2 saturated heterocycles. The lowest BCUT2D eigenvalue weighted by Gasteiger charge is -2.38. The SMILES string of the molecule is O[C@H]1[C@H](NCc2cccs2)[C@H]2CO[C@H](O2)[C@@H]1n1cccn1. The Kier molecular flexibility index (Phi) is 3.52. The molecule has 0 unspecified atom stereocenters. The van der Waals surface area contributed by atoms with Crippen LogP contribution in [0.15, 0.2) is 36.0 Å². The van der Waals surface area contributed by atoms with Crippen molar-refractivity contribution >= 4 is 11.3 Å². The molecule has 2 fully saturated rings. The summed E-state index contributed by atoms with van der Waals surface area (Å²) in [5.74, 6) is 0. The summed E-state index contributed by atoms with van der Waals surface area (Å²) in [6.07, 6.45) is 2.38. The van der Waals surface area contributed by atoms with Crippen LogP contribution in [-0.2, 0) is 16.0 Å². The van der Waals surface area contributed by atoms with Gasteiger partial charge >= 0.3 is 0 Å². The van der Waals surface area contributed by atoms with Crippen molar-refractivity contribution in [3.63, 3.8) is 0 Å². The average molecular weight is 307 g/mol. The van der Waals surface area contributed by atoms with Crippen LogP contribution in [0, 0.1) is 0 Å². The van der Waals surface area contributed by atoms with Crippen LogP contribution >= 0.6 is 11.3 Å². The zero-order valence-electron chi connectivity index (χ0n) is 11.3. The van der Waals surface area contributed by atoms with Crippen molar-refractivity contribution in [3.8, 4) is 0 Å². The molecule has 7 heteroatoms. The maximum atomic E-state index is 10.7. The summed E-state index contributed by atoms with van der Waals surface area (Å²) in [7, 11) is 0. The fraction of sp³-hybridized carbons (Fsp3) is 0.500. The lowest BCUT2D eigenvalue weighted by molar-refractivity contribution is -0.168. The van der Waals surface area contributed by atoms with Crippen LogP contribution in [0.5, 0.6) is 0 Å².